The molecular weight excluding hydrogens is 182 g/mol. The summed E-state index contributed by atoms with van der Waals surface area (Å²) in [6.07, 6.45) is 5.38. The molecule has 1 heteroatoms. The highest BCUT2D eigenvalue weighted by Gasteiger charge is 2.27. The van der Waals surface area contributed by atoms with E-state index < -0.39 is 0 Å². The summed E-state index contributed by atoms with van der Waals surface area (Å²) in [5.41, 5.74) is 4.75. The minimum Gasteiger partial charge on any atom is -0.310 e. The van der Waals surface area contributed by atoms with Crippen LogP contribution in [0, 0.1) is 0 Å². The fraction of sp³-hybridized carbons (Fsp3) is 0.571. The standard InChI is InChI=1S/C14H19N/c1-2-15-14-8-6-12-9-11(10-3-4-10)5-7-13(12)14/h5,7,9-10,14-15H,2-4,6,8H2,1H3. The van der Waals surface area contributed by atoms with Crippen LogP contribution < -0.4 is 5.32 Å². The van der Waals surface area contributed by atoms with Crippen LogP contribution in [0.2, 0.25) is 0 Å². The van der Waals surface area contributed by atoms with Crippen LogP contribution >= 0.6 is 0 Å². The Hall–Kier alpha value is -0.820. The van der Waals surface area contributed by atoms with Crippen LogP contribution in [0.5, 0.6) is 0 Å². The predicted octanol–water partition coefficient (Wildman–Crippen LogP) is 3.16. The molecule has 1 fully saturated rings. The Morgan fingerprint density at radius 1 is 1.27 bits per heavy atom. The number of hydrogen-bond acceptors (Lipinski definition) is 1. The van der Waals surface area contributed by atoms with E-state index in [1.807, 2.05) is 0 Å². The molecule has 0 radical (unpaired) electrons. The molecule has 3 rings (SSSR count). The first-order chi connectivity index (χ1) is 7.38. The lowest BCUT2D eigenvalue weighted by molar-refractivity contribution is 0.549. The maximum absolute atomic E-state index is 3.56. The topological polar surface area (TPSA) is 12.0 Å². The summed E-state index contributed by atoms with van der Waals surface area (Å²) in [4.78, 5) is 0. The summed E-state index contributed by atoms with van der Waals surface area (Å²) in [6.45, 7) is 3.27. The van der Waals surface area contributed by atoms with E-state index in [1.165, 1.54) is 25.7 Å². The molecule has 15 heavy (non-hydrogen) atoms. The number of aryl methyl sites for hydroxylation is 1. The maximum atomic E-state index is 3.56. The van der Waals surface area contributed by atoms with Crippen LogP contribution in [0.3, 0.4) is 0 Å². The first-order valence-electron chi connectivity index (χ1n) is 6.24. The molecule has 0 aromatic heterocycles. The molecule has 1 saturated carbocycles. The zero-order valence-electron chi connectivity index (χ0n) is 9.42. The van der Waals surface area contributed by atoms with Crippen molar-refractivity contribution in [3.05, 3.63) is 34.9 Å². The highest BCUT2D eigenvalue weighted by Crippen LogP contribution is 2.42. The smallest absolute Gasteiger partial charge is 0.0326 e. The quantitative estimate of drug-likeness (QED) is 0.792. The largest absolute Gasteiger partial charge is 0.310 e. The van der Waals surface area contributed by atoms with Gasteiger partial charge in [-0.05, 0) is 54.8 Å². The van der Waals surface area contributed by atoms with Gasteiger partial charge in [-0.1, -0.05) is 25.1 Å². The molecule has 1 atom stereocenters. The average molecular weight is 201 g/mol. The average Bonchev–Trinajstić information content (AvgIpc) is 3.03. The summed E-state index contributed by atoms with van der Waals surface area (Å²) in [5.74, 6) is 0.897. The predicted molar refractivity (Wildman–Crippen MR) is 63.2 cm³/mol. The second-order valence-corrected chi connectivity index (χ2v) is 4.88. The fourth-order valence-electron chi connectivity index (χ4n) is 2.77. The Labute approximate surface area is 91.9 Å². The van der Waals surface area contributed by atoms with Crippen molar-refractivity contribution < 1.29 is 0 Å². The lowest BCUT2D eigenvalue weighted by Crippen LogP contribution is -2.18. The maximum Gasteiger partial charge on any atom is 0.0326 e. The minimum atomic E-state index is 0.623. The number of nitrogens with one attached hydrogen (secondary N) is 1. The summed E-state index contributed by atoms with van der Waals surface area (Å²) in [7, 11) is 0. The van der Waals surface area contributed by atoms with E-state index in [2.05, 4.69) is 30.4 Å². The summed E-state index contributed by atoms with van der Waals surface area (Å²) >= 11 is 0. The van der Waals surface area contributed by atoms with Crippen molar-refractivity contribution in [2.24, 2.45) is 0 Å². The van der Waals surface area contributed by atoms with Gasteiger partial charge in [0.2, 0.25) is 0 Å². The molecule has 0 spiro atoms. The fourth-order valence-corrected chi connectivity index (χ4v) is 2.77. The van der Waals surface area contributed by atoms with Crippen LogP contribution in [0.1, 0.15) is 54.8 Å². The zero-order chi connectivity index (χ0) is 10.3. The van der Waals surface area contributed by atoms with Gasteiger partial charge in [0.25, 0.3) is 0 Å². The Morgan fingerprint density at radius 3 is 2.87 bits per heavy atom. The van der Waals surface area contributed by atoms with Gasteiger partial charge in [0.1, 0.15) is 0 Å². The van der Waals surface area contributed by atoms with E-state index in [4.69, 9.17) is 0 Å². The molecule has 0 bridgehead atoms. The molecule has 1 N–H and O–H groups in total. The molecule has 0 amide bonds. The lowest BCUT2D eigenvalue weighted by Gasteiger charge is -2.12. The van der Waals surface area contributed by atoms with Crippen LogP contribution in [0.25, 0.3) is 0 Å². The third-order valence-corrected chi connectivity index (χ3v) is 3.74. The first kappa shape index (κ1) is 9.41. The van der Waals surface area contributed by atoms with Gasteiger partial charge in [-0.15, -0.1) is 0 Å². The molecule has 1 unspecified atom stereocenters. The van der Waals surface area contributed by atoms with E-state index in [-0.39, 0.29) is 0 Å². The number of fused-ring (bicyclic) bond motifs is 1. The van der Waals surface area contributed by atoms with Crippen LogP contribution in [-0.4, -0.2) is 6.54 Å². The molecule has 2 aliphatic carbocycles. The normalized spacial score (nSPS) is 24.2. The van der Waals surface area contributed by atoms with Gasteiger partial charge in [0.15, 0.2) is 0 Å². The lowest BCUT2D eigenvalue weighted by atomic mass is 10.0. The number of benzene rings is 1. The van der Waals surface area contributed by atoms with Gasteiger partial charge in [-0.2, -0.15) is 0 Å². The second kappa shape index (κ2) is 3.64. The number of hydrogen-bond donors (Lipinski definition) is 1. The van der Waals surface area contributed by atoms with Crippen molar-refractivity contribution in [3.63, 3.8) is 0 Å². The molecule has 0 aliphatic heterocycles. The van der Waals surface area contributed by atoms with Crippen molar-refractivity contribution in [1.29, 1.82) is 0 Å². The van der Waals surface area contributed by atoms with E-state index in [1.54, 1.807) is 16.7 Å². The Morgan fingerprint density at radius 2 is 2.13 bits per heavy atom. The summed E-state index contributed by atoms with van der Waals surface area (Å²) in [6, 6.07) is 7.80. The van der Waals surface area contributed by atoms with Crippen molar-refractivity contribution in [2.45, 2.75) is 44.6 Å². The molecule has 1 aromatic rings. The highest BCUT2D eigenvalue weighted by atomic mass is 14.9. The van der Waals surface area contributed by atoms with Crippen LogP contribution in [0.4, 0.5) is 0 Å². The third-order valence-electron chi connectivity index (χ3n) is 3.74. The van der Waals surface area contributed by atoms with Gasteiger partial charge in [0, 0.05) is 6.04 Å². The van der Waals surface area contributed by atoms with Gasteiger partial charge < -0.3 is 5.32 Å². The van der Waals surface area contributed by atoms with E-state index >= 15 is 0 Å². The van der Waals surface area contributed by atoms with Crippen molar-refractivity contribution in [3.8, 4) is 0 Å². The monoisotopic (exact) mass is 201 g/mol. The van der Waals surface area contributed by atoms with Gasteiger partial charge in [-0.3, -0.25) is 0 Å². The number of rotatable bonds is 3. The SMILES string of the molecule is CCNC1CCc2cc(C3CC3)ccc21. The summed E-state index contributed by atoms with van der Waals surface area (Å²) in [5, 5.41) is 3.56. The Balaban J connectivity index is 1.87. The third kappa shape index (κ3) is 1.69. The Kier molecular flexibility index (Phi) is 2.28. The van der Waals surface area contributed by atoms with Gasteiger partial charge in [-0.25, -0.2) is 0 Å². The van der Waals surface area contributed by atoms with E-state index in [9.17, 15) is 0 Å². The second-order valence-electron chi connectivity index (χ2n) is 4.88. The van der Waals surface area contributed by atoms with Gasteiger partial charge in [0.05, 0.1) is 0 Å². The molecular formula is C14H19N. The molecule has 1 nitrogen and oxygen atoms in total. The molecule has 1 aromatic carbocycles. The van der Waals surface area contributed by atoms with Gasteiger partial charge >= 0.3 is 0 Å². The zero-order valence-corrected chi connectivity index (χ0v) is 9.42. The van der Waals surface area contributed by atoms with E-state index in [0.717, 1.165) is 12.5 Å². The minimum absolute atomic E-state index is 0.623. The highest BCUT2D eigenvalue weighted by molar-refractivity contribution is 5.40. The molecule has 0 heterocycles. The summed E-state index contributed by atoms with van der Waals surface area (Å²) < 4.78 is 0. The van der Waals surface area contributed by atoms with Crippen molar-refractivity contribution in [2.75, 3.05) is 6.54 Å². The van der Waals surface area contributed by atoms with Crippen LogP contribution in [-0.2, 0) is 6.42 Å². The first-order valence-corrected chi connectivity index (χ1v) is 6.24. The van der Waals surface area contributed by atoms with Crippen molar-refractivity contribution >= 4 is 0 Å². The molecule has 2 aliphatic rings. The molecule has 80 valence electrons. The van der Waals surface area contributed by atoms with E-state index in [0.29, 0.717) is 6.04 Å². The Bertz CT molecular complexity index is 366. The molecule has 0 saturated heterocycles. The van der Waals surface area contributed by atoms with Crippen molar-refractivity contribution in [1.82, 2.24) is 5.32 Å². The van der Waals surface area contributed by atoms with Crippen LogP contribution in [0.15, 0.2) is 18.2 Å².